The zero-order chi connectivity index (χ0) is 17.8. The molecule has 0 N–H and O–H groups in total. The van der Waals surface area contributed by atoms with Gasteiger partial charge in [-0.2, -0.15) is 0 Å². The van der Waals surface area contributed by atoms with Crippen molar-refractivity contribution in [3.8, 4) is 11.5 Å². The largest absolute Gasteiger partial charge is 0.493 e. The van der Waals surface area contributed by atoms with Crippen molar-refractivity contribution in [3.63, 3.8) is 0 Å². The van der Waals surface area contributed by atoms with E-state index in [2.05, 4.69) is 15.5 Å². The summed E-state index contributed by atoms with van der Waals surface area (Å²) in [6, 6.07) is 6.03. The Labute approximate surface area is 150 Å². The predicted octanol–water partition coefficient (Wildman–Crippen LogP) is 1.78. The summed E-state index contributed by atoms with van der Waals surface area (Å²) in [5.41, 5.74) is 0.894. The van der Waals surface area contributed by atoms with Crippen LogP contribution >= 0.6 is 11.8 Å². The van der Waals surface area contributed by atoms with Crippen molar-refractivity contribution >= 4 is 17.7 Å². The van der Waals surface area contributed by atoms with Gasteiger partial charge in [-0.15, -0.1) is 5.10 Å². The van der Waals surface area contributed by atoms with Crippen LogP contribution in [0.5, 0.6) is 11.5 Å². The lowest BCUT2D eigenvalue weighted by atomic mass is 10.1. The second kappa shape index (κ2) is 7.73. The van der Waals surface area contributed by atoms with Gasteiger partial charge in [-0.1, -0.05) is 23.9 Å². The first-order valence-corrected chi connectivity index (χ1v) is 8.97. The monoisotopic (exact) mass is 363 g/mol. The van der Waals surface area contributed by atoms with E-state index in [0.717, 1.165) is 18.4 Å². The molecule has 9 heteroatoms. The van der Waals surface area contributed by atoms with E-state index in [0.29, 0.717) is 29.2 Å². The fourth-order valence-corrected chi connectivity index (χ4v) is 3.37. The molecular formula is C16H21N5O3S. The minimum absolute atomic E-state index is 0.000204. The third kappa shape index (κ3) is 4.04. The highest BCUT2D eigenvalue weighted by atomic mass is 32.2. The summed E-state index contributed by atoms with van der Waals surface area (Å²) in [6.45, 7) is 0.438. The quantitative estimate of drug-likeness (QED) is 0.661. The number of aromatic nitrogens is 4. The van der Waals surface area contributed by atoms with Gasteiger partial charge in [0.05, 0.1) is 26.0 Å². The molecule has 0 aliphatic heterocycles. The Morgan fingerprint density at radius 3 is 2.84 bits per heavy atom. The number of carbonyl (C=O) groups excluding carboxylic acids is 1. The summed E-state index contributed by atoms with van der Waals surface area (Å²) in [5, 5.41) is 12.4. The summed E-state index contributed by atoms with van der Waals surface area (Å²) in [4.78, 5) is 14.1. The van der Waals surface area contributed by atoms with Crippen molar-refractivity contribution in [1.29, 1.82) is 0 Å². The standard InChI is InChI=1S/C16H21N5O3S/c1-20(9-11-5-4-6-13(23-2)15(11)24-3)14(22)10-25-16-17-18-19-21(16)12-7-8-12/h4-6,12H,7-10H2,1-3H3. The topological polar surface area (TPSA) is 82.4 Å². The number of amides is 1. The van der Waals surface area contributed by atoms with Crippen molar-refractivity contribution in [2.45, 2.75) is 30.6 Å². The lowest BCUT2D eigenvalue weighted by Gasteiger charge is -2.19. The molecule has 1 saturated carbocycles. The summed E-state index contributed by atoms with van der Waals surface area (Å²) >= 11 is 1.37. The van der Waals surface area contributed by atoms with E-state index < -0.39 is 0 Å². The maximum Gasteiger partial charge on any atom is 0.233 e. The molecule has 0 radical (unpaired) electrons. The van der Waals surface area contributed by atoms with Gasteiger partial charge in [-0.05, 0) is 29.3 Å². The van der Waals surface area contributed by atoms with E-state index in [1.165, 1.54) is 11.8 Å². The Morgan fingerprint density at radius 1 is 1.36 bits per heavy atom. The smallest absolute Gasteiger partial charge is 0.233 e. The van der Waals surface area contributed by atoms with Crippen LogP contribution in [-0.2, 0) is 11.3 Å². The van der Waals surface area contributed by atoms with Crippen LogP contribution in [0.2, 0.25) is 0 Å². The van der Waals surface area contributed by atoms with Gasteiger partial charge < -0.3 is 14.4 Å². The SMILES string of the molecule is COc1cccc(CN(C)C(=O)CSc2nnnn2C2CC2)c1OC. The van der Waals surface area contributed by atoms with Crippen LogP contribution in [0.25, 0.3) is 0 Å². The Morgan fingerprint density at radius 2 is 2.16 bits per heavy atom. The van der Waals surface area contributed by atoms with Gasteiger partial charge in [0.25, 0.3) is 0 Å². The van der Waals surface area contributed by atoms with Crippen LogP contribution < -0.4 is 9.47 Å². The minimum atomic E-state index is 0.000204. The molecule has 1 aliphatic rings. The van der Waals surface area contributed by atoms with Crippen LogP contribution in [0.15, 0.2) is 23.4 Å². The van der Waals surface area contributed by atoms with Crippen LogP contribution in [0.1, 0.15) is 24.4 Å². The fourth-order valence-electron chi connectivity index (χ4n) is 2.49. The molecule has 25 heavy (non-hydrogen) atoms. The molecule has 1 heterocycles. The van der Waals surface area contributed by atoms with Crippen LogP contribution in [0.4, 0.5) is 0 Å². The molecule has 3 rings (SSSR count). The van der Waals surface area contributed by atoms with Crippen LogP contribution in [0, 0.1) is 0 Å². The number of para-hydroxylation sites is 1. The fraction of sp³-hybridized carbons (Fsp3) is 0.500. The van der Waals surface area contributed by atoms with Gasteiger partial charge in [0, 0.05) is 19.2 Å². The van der Waals surface area contributed by atoms with Crippen LogP contribution in [0.3, 0.4) is 0 Å². The van der Waals surface area contributed by atoms with Crippen LogP contribution in [-0.4, -0.2) is 58.0 Å². The molecule has 0 saturated heterocycles. The first kappa shape index (κ1) is 17.5. The number of ether oxygens (including phenoxy) is 2. The third-order valence-corrected chi connectivity index (χ3v) is 4.92. The van der Waals surface area contributed by atoms with Crippen molar-refractivity contribution in [1.82, 2.24) is 25.1 Å². The van der Waals surface area contributed by atoms with Gasteiger partial charge in [0.15, 0.2) is 11.5 Å². The van der Waals surface area contributed by atoms with Gasteiger partial charge >= 0.3 is 0 Å². The number of hydrogen-bond acceptors (Lipinski definition) is 7. The summed E-state index contributed by atoms with van der Waals surface area (Å²) in [5.74, 6) is 1.59. The molecule has 2 aromatic rings. The highest BCUT2D eigenvalue weighted by molar-refractivity contribution is 7.99. The molecule has 1 aromatic heterocycles. The zero-order valence-electron chi connectivity index (χ0n) is 14.5. The number of thioether (sulfide) groups is 1. The molecule has 0 unspecified atom stereocenters. The lowest BCUT2D eigenvalue weighted by Crippen LogP contribution is -2.28. The van der Waals surface area contributed by atoms with E-state index in [-0.39, 0.29) is 11.7 Å². The normalized spacial score (nSPS) is 13.6. The number of carbonyl (C=O) groups is 1. The Kier molecular flexibility index (Phi) is 5.42. The van der Waals surface area contributed by atoms with Crippen molar-refractivity contribution in [2.75, 3.05) is 27.0 Å². The second-order valence-electron chi connectivity index (χ2n) is 5.83. The van der Waals surface area contributed by atoms with E-state index >= 15 is 0 Å². The number of tetrazole rings is 1. The van der Waals surface area contributed by atoms with E-state index in [1.54, 1.807) is 26.2 Å². The van der Waals surface area contributed by atoms with E-state index in [1.807, 2.05) is 22.9 Å². The molecule has 1 fully saturated rings. The van der Waals surface area contributed by atoms with Crippen molar-refractivity contribution in [3.05, 3.63) is 23.8 Å². The molecule has 8 nitrogen and oxygen atoms in total. The first-order valence-electron chi connectivity index (χ1n) is 7.98. The van der Waals surface area contributed by atoms with Crippen molar-refractivity contribution in [2.24, 2.45) is 0 Å². The first-order chi connectivity index (χ1) is 12.1. The highest BCUT2D eigenvalue weighted by Crippen LogP contribution is 2.36. The summed E-state index contributed by atoms with van der Waals surface area (Å²) in [6.07, 6.45) is 2.20. The van der Waals surface area contributed by atoms with E-state index in [4.69, 9.17) is 9.47 Å². The molecule has 1 amide bonds. The Hall–Kier alpha value is -2.29. The third-order valence-electron chi connectivity index (χ3n) is 4.00. The predicted molar refractivity (Wildman–Crippen MR) is 92.8 cm³/mol. The van der Waals surface area contributed by atoms with E-state index in [9.17, 15) is 4.79 Å². The van der Waals surface area contributed by atoms with Gasteiger partial charge in [-0.25, -0.2) is 4.68 Å². The highest BCUT2D eigenvalue weighted by Gasteiger charge is 2.28. The number of nitrogens with zero attached hydrogens (tertiary/aromatic N) is 5. The van der Waals surface area contributed by atoms with Gasteiger partial charge in [0.2, 0.25) is 11.1 Å². The maximum absolute atomic E-state index is 12.4. The maximum atomic E-state index is 12.4. The molecule has 1 aliphatic carbocycles. The summed E-state index contributed by atoms with van der Waals surface area (Å²) < 4.78 is 12.5. The number of hydrogen-bond donors (Lipinski definition) is 0. The Bertz CT molecular complexity index is 747. The number of methoxy groups -OCH3 is 2. The Balaban J connectivity index is 1.60. The minimum Gasteiger partial charge on any atom is -0.493 e. The molecule has 0 atom stereocenters. The average molecular weight is 363 g/mol. The second-order valence-corrected chi connectivity index (χ2v) is 6.77. The van der Waals surface area contributed by atoms with Gasteiger partial charge in [0.1, 0.15) is 0 Å². The number of benzene rings is 1. The molecule has 0 bridgehead atoms. The molecular weight excluding hydrogens is 342 g/mol. The molecule has 134 valence electrons. The molecule has 0 spiro atoms. The average Bonchev–Trinajstić information content (AvgIpc) is 3.37. The zero-order valence-corrected chi connectivity index (χ0v) is 15.3. The molecule has 1 aromatic carbocycles. The summed E-state index contributed by atoms with van der Waals surface area (Å²) in [7, 11) is 4.96. The van der Waals surface area contributed by atoms with Gasteiger partial charge in [-0.3, -0.25) is 4.79 Å². The van der Waals surface area contributed by atoms with Crippen molar-refractivity contribution < 1.29 is 14.3 Å². The number of rotatable bonds is 8. The lowest BCUT2D eigenvalue weighted by molar-refractivity contribution is -0.127.